The van der Waals surface area contributed by atoms with Crippen molar-refractivity contribution in [2.45, 2.75) is 10.8 Å². The lowest BCUT2D eigenvalue weighted by molar-refractivity contribution is 0.670. The number of anilines is 6. The highest BCUT2D eigenvalue weighted by Gasteiger charge is 2.48. The molecule has 0 spiro atoms. The Morgan fingerprint density at radius 2 is 0.493 bits per heavy atom. The molecule has 28 rings (SSSR count). The van der Waals surface area contributed by atoms with Crippen LogP contribution in [0.15, 0.2) is 538 Å². The van der Waals surface area contributed by atoms with E-state index in [1.807, 2.05) is 17.4 Å². The Kier molecular flexibility index (Phi) is 19.6. The Balaban J connectivity index is 0.000000141. The summed E-state index contributed by atoms with van der Waals surface area (Å²) in [6.45, 7) is 0. The van der Waals surface area contributed by atoms with Gasteiger partial charge in [0, 0.05) is 104 Å². The average molecular weight is 1800 g/mol. The molecule has 0 radical (unpaired) electrons. The molecule has 0 saturated heterocycles. The van der Waals surface area contributed by atoms with Gasteiger partial charge in [-0.3, -0.25) is 0 Å². The van der Waals surface area contributed by atoms with Crippen LogP contribution in [0.1, 0.15) is 44.5 Å². The predicted molar refractivity (Wildman–Crippen MR) is 587 cm³/mol. The SMILES string of the molecule is c1ccc(C2(c3ccc(N(c4ccc(-c5ccc(-n6c7ccccc7c7ccccc76)cc5)cc4)c4cccc(-c5cccc6c5oc5ccccc56)c4)cc3)c3ccccc3-c3ccccc32)cc1.c1ccc(C2(c3ccc(N(c4ccc(-c5ccc(-n6c7ccccc7c7ccccc76)cc5)cc4)c4cccc(-c5cccc6c5sc5ccccc56)c4)cc3)c3ccccc3-c3ccccc32)cc1. The quantitative estimate of drug-likeness (QED) is 0.0966. The van der Waals surface area contributed by atoms with Crippen molar-refractivity contribution in [3.05, 3.63) is 578 Å². The summed E-state index contributed by atoms with van der Waals surface area (Å²) in [6, 6.07) is 196. The van der Waals surface area contributed by atoms with Crippen LogP contribution >= 0.6 is 11.3 Å². The first-order valence-corrected chi connectivity index (χ1v) is 49.0. The van der Waals surface area contributed by atoms with Gasteiger partial charge in [-0.15, -0.1) is 11.3 Å². The highest BCUT2D eigenvalue weighted by molar-refractivity contribution is 7.26. The van der Waals surface area contributed by atoms with E-state index in [0.717, 1.165) is 89.7 Å². The molecule has 0 atom stereocenters. The first-order valence-electron chi connectivity index (χ1n) is 48.2. The zero-order chi connectivity index (χ0) is 92.4. The first-order chi connectivity index (χ1) is 69.4. The van der Waals surface area contributed by atoms with Gasteiger partial charge in [-0.2, -0.15) is 0 Å². The molecule has 140 heavy (non-hydrogen) atoms. The largest absolute Gasteiger partial charge is 0.455 e. The fourth-order valence-electron chi connectivity index (χ4n) is 23.2. The topological polar surface area (TPSA) is 29.5 Å². The lowest BCUT2D eigenvalue weighted by atomic mass is 9.68. The molecule has 0 N–H and O–H groups in total. The van der Waals surface area contributed by atoms with Crippen molar-refractivity contribution in [3.63, 3.8) is 0 Å². The van der Waals surface area contributed by atoms with Gasteiger partial charge in [0.1, 0.15) is 11.2 Å². The smallest absolute Gasteiger partial charge is 0.143 e. The van der Waals surface area contributed by atoms with E-state index in [4.69, 9.17) is 4.42 Å². The molecule has 4 aromatic heterocycles. The number of fused-ring (bicyclic) bond motifs is 18. The van der Waals surface area contributed by atoms with Crippen LogP contribution in [0.5, 0.6) is 0 Å². The number of rotatable bonds is 16. The standard InChI is InChI=1S/C67H44N2O.C67H44N2S/c2*1-2-17-48(18-3-1)67(61-27-9-4-20-55(61)56-21-5-10-28-62(56)67)49-36-42-51(43-37-49)68(53-19-14-16-47(44-53)54-25-15-26-60-59-24-8-13-31-65(59)70-66(54)60)50-38-32-45(33-39-50)46-34-40-52(41-35-46)69-63-29-11-6-22-57(63)58-23-7-12-30-64(58)69/h2*1-44H. The summed E-state index contributed by atoms with van der Waals surface area (Å²) in [5.41, 5.74) is 39.0. The molecular formula is C134H88N4OS. The van der Waals surface area contributed by atoms with E-state index in [0.29, 0.717) is 0 Å². The number of para-hydroxylation sites is 6. The second-order valence-electron chi connectivity index (χ2n) is 36.8. The predicted octanol–water partition coefficient (Wildman–Crippen LogP) is 36.2. The molecule has 22 aromatic carbocycles. The minimum atomic E-state index is -0.484. The summed E-state index contributed by atoms with van der Waals surface area (Å²) in [6.07, 6.45) is 0. The Hall–Kier alpha value is -17.9. The van der Waals surface area contributed by atoms with Gasteiger partial charge in [0.2, 0.25) is 0 Å². The molecule has 0 fully saturated rings. The maximum atomic E-state index is 6.57. The summed E-state index contributed by atoms with van der Waals surface area (Å²) in [7, 11) is 0. The Labute approximate surface area is 815 Å². The molecule has 6 heteroatoms. The van der Waals surface area contributed by atoms with Crippen LogP contribution in [-0.4, -0.2) is 9.13 Å². The van der Waals surface area contributed by atoms with Gasteiger partial charge in [-0.25, -0.2) is 0 Å². The summed E-state index contributed by atoms with van der Waals surface area (Å²) in [5.74, 6) is 0. The molecule has 4 heterocycles. The van der Waals surface area contributed by atoms with Crippen molar-refractivity contribution < 1.29 is 4.42 Å². The maximum Gasteiger partial charge on any atom is 0.143 e. The zero-order valence-electron chi connectivity index (χ0n) is 76.4. The molecule has 2 aliphatic rings. The van der Waals surface area contributed by atoms with Gasteiger partial charge in [0.25, 0.3) is 0 Å². The van der Waals surface area contributed by atoms with Gasteiger partial charge in [0.05, 0.1) is 32.9 Å². The normalized spacial score (nSPS) is 12.7. The second-order valence-corrected chi connectivity index (χ2v) is 37.8. The maximum absolute atomic E-state index is 6.57. The average Bonchev–Trinajstić information content (AvgIpc) is 1.55. The van der Waals surface area contributed by atoms with E-state index in [1.54, 1.807) is 0 Å². The molecular weight excluding hydrogens is 1710 g/mol. The number of benzene rings is 22. The summed E-state index contributed by atoms with van der Waals surface area (Å²) < 4.78 is 13.9. The number of thiophene rings is 1. The van der Waals surface area contributed by atoms with Crippen LogP contribution in [0.3, 0.4) is 0 Å². The lowest BCUT2D eigenvalue weighted by Crippen LogP contribution is -2.28. The minimum absolute atomic E-state index is 0.473. The van der Waals surface area contributed by atoms with Crippen LogP contribution in [-0.2, 0) is 10.8 Å². The molecule has 656 valence electrons. The van der Waals surface area contributed by atoms with Gasteiger partial charge >= 0.3 is 0 Å². The summed E-state index contributed by atoms with van der Waals surface area (Å²) in [4.78, 5) is 4.80. The highest BCUT2D eigenvalue weighted by atomic mass is 32.1. The number of aromatic nitrogens is 2. The van der Waals surface area contributed by atoms with Crippen molar-refractivity contribution in [2.75, 3.05) is 9.80 Å². The third kappa shape index (κ3) is 13.1. The van der Waals surface area contributed by atoms with E-state index < -0.39 is 10.8 Å². The lowest BCUT2D eigenvalue weighted by Gasteiger charge is -2.34. The zero-order valence-corrected chi connectivity index (χ0v) is 77.2. The fraction of sp³-hybridized carbons (Fsp3) is 0.0149. The Morgan fingerprint density at radius 3 is 0.914 bits per heavy atom. The van der Waals surface area contributed by atoms with Gasteiger partial charge in [0.15, 0.2) is 0 Å². The minimum Gasteiger partial charge on any atom is -0.455 e. The molecule has 5 nitrogen and oxygen atoms in total. The molecule has 0 bridgehead atoms. The molecule has 0 amide bonds. The van der Waals surface area contributed by atoms with E-state index in [9.17, 15) is 0 Å². The molecule has 0 unspecified atom stereocenters. The Bertz CT molecular complexity index is 8550. The van der Waals surface area contributed by atoms with Gasteiger partial charge in [-0.05, 0) is 239 Å². The van der Waals surface area contributed by atoms with E-state index in [1.165, 1.54) is 153 Å². The van der Waals surface area contributed by atoms with Crippen molar-refractivity contribution in [1.82, 2.24) is 9.13 Å². The molecule has 0 saturated carbocycles. The molecule has 0 aliphatic heterocycles. The fourth-order valence-corrected chi connectivity index (χ4v) is 24.5. The number of furan rings is 1. The van der Waals surface area contributed by atoms with Crippen molar-refractivity contribution in [2.24, 2.45) is 0 Å². The van der Waals surface area contributed by atoms with Gasteiger partial charge < -0.3 is 23.4 Å². The van der Waals surface area contributed by atoms with E-state index in [-0.39, 0.29) is 0 Å². The van der Waals surface area contributed by atoms with Crippen molar-refractivity contribution in [3.8, 4) is 78.1 Å². The molecule has 2 aliphatic carbocycles. The van der Waals surface area contributed by atoms with Gasteiger partial charge in [-0.1, -0.05) is 400 Å². The van der Waals surface area contributed by atoms with Crippen molar-refractivity contribution >= 4 is 131 Å². The van der Waals surface area contributed by atoms with Crippen LogP contribution in [0, 0.1) is 0 Å². The third-order valence-electron chi connectivity index (χ3n) is 29.4. The number of hydrogen-bond donors (Lipinski definition) is 0. The summed E-state index contributed by atoms with van der Waals surface area (Å²) in [5, 5.41) is 9.92. The summed E-state index contributed by atoms with van der Waals surface area (Å²) >= 11 is 1.88. The van der Waals surface area contributed by atoms with Crippen LogP contribution in [0.4, 0.5) is 34.1 Å². The molecule has 26 aromatic rings. The second kappa shape index (κ2) is 33.6. The number of nitrogens with zero attached hydrogens (tertiary/aromatic N) is 4. The van der Waals surface area contributed by atoms with Crippen LogP contribution in [0.25, 0.3) is 164 Å². The third-order valence-corrected chi connectivity index (χ3v) is 30.6. The highest BCUT2D eigenvalue weighted by Crippen LogP contribution is 2.59. The van der Waals surface area contributed by atoms with Crippen LogP contribution < -0.4 is 9.80 Å². The Morgan fingerprint density at radius 1 is 0.193 bits per heavy atom. The first kappa shape index (κ1) is 81.6. The van der Waals surface area contributed by atoms with E-state index in [2.05, 4.69) is 547 Å². The van der Waals surface area contributed by atoms with E-state index >= 15 is 0 Å². The monoisotopic (exact) mass is 1800 g/mol. The number of hydrogen-bond acceptors (Lipinski definition) is 4. The van der Waals surface area contributed by atoms with Crippen LogP contribution in [0.2, 0.25) is 0 Å². The van der Waals surface area contributed by atoms with Crippen molar-refractivity contribution in [1.29, 1.82) is 0 Å².